The average Bonchev–Trinajstić information content (AvgIpc) is 2.13. The van der Waals surface area contributed by atoms with E-state index in [0.717, 1.165) is 6.26 Å². The molecule has 8 heteroatoms. The molecular formula is C9H17ClN2O4S. The maximum absolute atomic E-state index is 11.3. The lowest BCUT2D eigenvalue weighted by Gasteiger charge is -2.22. The molecule has 0 radical (unpaired) electrons. The quantitative estimate of drug-likeness (QED) is 0.709. The molecule has 0 saturated heterocycles. The van der Waals surface area contributed by atoms with Crippen LogP contribution in [0.15, 0.2) is 0 Å². The van der Waals surface area contributed by atoms with Crippen LogP contribution >= 0.6 is 11.6 Å². The van der Waals surface area contributed by atoms with Gasteiger partial charge in [-0.05, 0) is 13.8 Å². The maximum Gasteiger partial charge on any atom is 0.321 e. The van der Waals surface area contributed by atoms with E-state index in [0.29, 0.717) is 0 Å². The Morgan fingerprint density at radius 2 is 1.82 bits per heavy atom. The molecule has 0 bridgehead atoms. The first kappa shape index (κ1) is 16.2. The lowest BCUT2D eigenvalue weighted by atomic mass is 10.2. The minimum Gasteiger partial charge on any atom is -0.336 e. The van der Waals surface area contributed by atoms with Crippen LogP contribution in [0.5, 0.6) is 0 Å². The molecule has 0 saturated carbocycles. The smallest absolute Gasteiger partial charge is 0.321 e. The van der Waals surface area contributed by atoms with Gasteiger partial charge in [0.25, 0.3) is 0 Å². The summed E-state index contributed by atoms with van der Waals surface area (Å²) in [7, 11) is -3.29. The largest absolute Gasteiger partial charge is 0.336 e. The number of imide groups is 1. The van der Waals surface area contributed by atoms with Crippen molar-refractivity contribution in [1.82, 2.24) is 10.6 Å². The predicted octanol–water partition coefficient (Wildman–Crippen LogP) is 0.264. The molecule has 0 aliphatic rings. The van der Waals surface area contributed by atoms with Gasteiger partial charge in [-0.1, -0.05) is 0 Å². The zero-order chi connectivity index (χ0) is 13.7. The van der Waals surface area contributed by atoms with Crippen molar-refractivity contribution in [2.45, 2.75) is 25.0 Å². The van der Waals surface area contributed by atoms with Gasteiger partial charge in [-0.15, -0.1) is 11.6 Å². The van der Waals surface area contributed by atoms with Crippen LogP contribution in [0.25, 0.3) is 0 Å². The number of hydrogen-bond donors (Lipinski definition) is 2. The van der Waals surface area contributed by atoms with E-state index in [9.17, 15) is 18.0 Å². The van der Waals surface area contributed by atoms with Gasteiger partial charge in [0.2, 0.25) is 5.91 Å². The number of halogens is 1. The summed E-state index contributed by atoms with van der Waals surface area (Å²) >= 11 is 5.32. The highest BCUT2D eigenvalue weighted by Gasteiger charge is 2.30. The van der Waals surface area contributed by atoms with E-state index in [1.54, 1.807) is 0 Å². The number of alkyl halides is 1. The third-order valence-corrected chi connectivity index (χ3v) is 4.59. The molecule has 0 aromatic heterocycles. The molecule has 0 unspecified atom stereocenters. The van der Waals surface area contributed by atoms with Crippen LogP contribution in [-0.4, -0.2) is 43.8 Å². The molecule has 0 aliphatic carbocycles. The zero-order valence-electron chi connectivity index (χ0n) is 10.0. The molecule has 0 heterocycles. The van der Waals surface area contributed by atoms with Crippen LogP contribution in [0.2, 0.25) is 0 Å². The summed E-state index contributed by atoms with van der Waals surface area (Å²) in [4.78, 5) is 22.2. The third-order valence-electron chi connectivity index (χ3n) is 2.25. The number of carbonyl (C=O) groups excluding carboxylic acids is 2. The molecule has 2 N–H and O–H groups in total. The molecule has 0 aromatic carbocycles. The Kier molecular flexibility index (Phi) is 5.91. The fourth-order valence-electron chi connectivity index (χ4n) is 0.743. The first-order valence-electron chi connectivity index (χ1n) is 4.93. The minimum atomic E-state index is -3.29. The van der Waals surface area contributed by atoms with Gasteiger partial charge >= 0.3 is 6.03 Å². The molecule has 0 fully saturated rings. The molecule has 0 spiro atoms. The number of rotatable bonds is 5. The van der Waals surface area contributed by atoms with Gasteiger partial charge in [-0.2, -0.15) is 0 Å². The predicted molar refractivity (Wildman–Crippen MR) is 65.8 cm³/mol. The molecule has 0 rings (SSSR count). The van der Waals surface area contributed by atoms with E-state index in [4.69, 9.17) is 11.6 Å². The van der Waals surface area contributed by atoms with Crippen LogP contribution in [0, 0.1) is 0 Å². The highest BCUT2D eigenvalue weighted by Crippen LogP contribution is 2.13. The Labute approximate surface area is 106 Å². The topological polar surface area (TPSA) is 92.3 Å². The molecule has 100 valence electrons. The van der Waals surface area contributed by atoms with Gasteiger partial charge in [0.1, 0.15) is 0 Å². The van der Waals surface area contributed by atoms with Gasteiger partial charge in [-0.3, -0.25) is 10.1 Å². The number of urea groups is 1. The van der Waals surface area contributed by atoms with Crippen LogP contribution in [0.1, 0.15) is 20.3 Å². The summed E-state index contributed by atoms with van der Waals surface area (Å²) in [5, 5.41) is 4.36. The highest BCUT2D eigenvalue weighted by atomic mass is 35.5. The van der Waals surface area contributed by atoms with Crippen molar-refractivity contribution in [1.29, 1.82) is 0 Å². The fourth-order valence-corrected chi connectivity index (χ4v) is 1.25. The Hall–Kier alpha value is -0.820. The molecule has 0 aliphatic heterocycles. The Bertz CT molecular complexity index is 392. The molecule has 0 aromatic rings. The molecule has 17 heavy (non-hydrogen) atoms. The van der Waals surface area contributed by atoms with E-state index in [1.807, 2.05) is 5.32 Å². The normalized spacial score (nSPS) is 12.0. The van der Waals surface area contributed by atoms with Crippen molar-refractivity contribution in [2.75, 3.05) is 18.7 Å². The Balaban J connectivity index is 4.22. The van der Waals surface area contributed by atoms with Gasteiger partial charge in [0.05, 0.1) is 4.75 Å². The van der Waals surface area contributed by atoms with Gasteiger partial charge in [-0.25, -0.2) is 13.2 Å². The summed E-state index contributed by atoms with van der Waals surface area (Å²) < 4.78 is 21.6. The van der Waals surface area contributed by atoms with Crippen molar-refractivity contribution in [2.24, 2.45) is 0 Å². The lowest BCUT2D eigenvalue weighted by Crippen LogP contribution is -2.48. The summed E-state index contributed by atoms with van der Waals surface area (Å²) in [6.45, 7) is 2.90. The molecule has 3 amide bonds. The van der Waals surface area contributed by atoms with Gasteiger partial charge < -0.3 is 5.32 Å². The van der Waals surface area contributed by atoms with Crippen molar-refractivity contribution in [3.63, 3.8) is 0 Å². The molecule has 6 nitrogen and oxygen atoms in total. The summed E-state index contributed by atoms with van der Waals surface area (Å²) in [5.41, 5.74) is 0. The van der Waals surface area contributed by atoms with Crippen molar-refractivity contribution >= 4 is 33.4 Å². The van der Waals surface area contributed by atoms with E-state index < -0.39 is 26.5 Å². The number of hydrogen-bond acceptors (Lipinski definition) is 4. The molecule has 0 atom stereocenters. The lowest BCUT2D eigenvalue weighted by molar-refractivity contribution is -0.119. The number of nitrogens with one attached hydrogen (secondary N) is 2. The van der Waals surface area contributed by atoms with E-state index in [1.165, 1.54) is 13.8 Å². The zero-order valence-corrected chi connectivity index (χ0v) is 11.6. The second-order valence-corrected chi connectivity index (χ2v) is 7.23. The first-order chi connectivity index (χ1) is 7.60. The summed E-state index contributed by atoms with van der Waals surface area (Å²) in [6.07, 6.45) is 1.12. The third kappa shape index (κ3) is 5.88. The van der Waals surface area contributed by atoms with Crippen LogP contribution in [0.3, 0.4) is 0 Å². The van der Waals surface area contributed by atoms with Crippen molar-refractivity contribution < 1.29 is 18.0 Å². The number of sulfone groups is 1. The van der Waals surface area contributed by atoms with Crippen LogP contribution in [0.4, 0.5) is 4.79 Å². The monoisotopic (exact) mass is 284 g/mol. The van der Waals surface area contributed by atoms with Crippen LogP contribution < -0.4 is 10.6 Å². The standard InChI is InChI=1S/C9H17ClN2O4S/c1-9(2,17(3,15)16)6-11-8(14)12-7(13)4-5-10/h4-6H2,1-3H3,(H2,11,12,13,14). The minimum absolute atomic E-state index is 0.0322. The fraction of sp³-hybridized carbons (Fsp3) is 0.778. The first-order valence-corrected chi connectivity index (χ1v) is 7.36. The maximum atomic E-state index is 11.3. The SMILES string of the molecule is CC(C)(CNC(=O)NC(=O)CCCl)S(C)(=O)=O. The molecular weight excluding hydrogens is 268 g/mol. The summed E-state index contributed by atoms with van der Waals surface area (Å²) in [6, 6.07) is -0.725. The van der Waals surface area contributed by atoms with E-state index in [-0.39, 0.29) is 18.8 Å². The average molecular weight is 285 g/mol. The number of carbonyl (C=O) groups is 2. The Morgan fingerprint density at radius 1 is 1.29 bits per heavy atom. The van der Waals surface area contributed by atoms with Crippen molar-refractivity contribution in [3.05, 3.63) is 0 Å². The van der Waals surface area contributed by atoms with Crippen LogP contribution in [-0.2, 0) is 14.6 Å². The summed E-state index contributed by atoms with van der Waals surface area (Å²) in [5.74, 6) is -0.386. The second-order valence-electron chi connectivity index (χ2n) is 4.20. The second kappa shape index (κ2) is 6.20. The van der Waals surface area contributed by atoms with E-state index >= 15 is 0 Å². The van der Waals surface area contributed by atoms with E-state index in [2.05, 4.69) is 5.32 Å². The van der Waals surface area contributed by atoms with Gasteiger partial charge in [0.15, 0.2) is 9.84 Å². The van der Waals surface area contributed by atoms with Crippen molar-refractivity contribution in [3.8, 4) is 0 Å². The number of amides is 3. The van der Waals surface area contributed by atoms with Gasteiger partial charge in [0, 0.05) is 25.1 Å². The highest BCUT2D eigenvalue weighted by molar-refractivity contribution is 7.92. The Morgan fingerprint density at radius 3 is 2.24 bits per heavy atom.